The van der Waals surface area contributed by atoms with Crippen molar-refractivity contribution in [3.63, 3.8) is 0 Å². The second-order valence-electron chi connectivity index (χ2n) is 4.06. The highest BCUT2D eigenvalue weighted by atomic mass is 32.2. The van der Waals surface area contributed by atoms with Crippen molar-refractivity contribution in [2.45, 2.75) is 10.9 Å². The number of carboxylic acids is 1. The average molecular weight is 316 g/mol. The summed E-state index contributed by atoms with van der Waals surface area (Å²) in [6, 6.07) is 5.87. The minimum absolute atomic E-state index is 0.0560. The van der Waals surface area contributed by atoms with Gasteiger partial charge in [-0.05, 0) is 12.1 Å². The van der Waals surface area contributed by atoms with Crippen molar-refractivity contribution in [1.82, 2.24) is 10.0 Å². The van der Waals surface area contributed by atoms with E-state index in [0.717, 1.165) is 0 Å². The van der Waals surface area contributed by atoms with E-state index in [4.69, 9.17) is 5.11 Å². The molecule has 0 aromatic heterocycles. The first-order valence-electron chi connectivity index (χ1n) is 5.92. The number of amides is 1. The lowest BCUT2D eigenvalue weighted by molar-refractivity contribution is -0.139. The highest BCUT2D eigenvalue weighted by Gasteiger charge is 2.25. The lowest BCUT2D eigenvalue weighted by atomic mass is 10.3. The van der Waals surface area contributed by atoms with E-state index in [0.29, 0.717) is 0 Å². The monoisotopic (exact) mass is 316 g/mol. The summed E-state index contributed by atoms with van der Waals surface area (Å²) in [6.45, 7) is -0.624. The maximum atomic E-state index is 12.0. The third-order valence-electron chi connectivity index (χ3n) is 2.43. The van der Waals surface area contributed by atoms with E-state index < -0.39 is 27.9 Å². The lowest BCUT2D eigenvalue weighted by Crippen LogP contribution is -2.48. The molecule has 116 valence electrons. The molecule has 0 aliphatic carbocycles. The van der Waals surface area contributed by atoms with Gasteiger partial charge in [0.15, 0.2) is 0 Å². The van der Waals surface area contributed by atoms with E-state index in [1.165, 1.54) is 31.4 Å². The van der Waals surface area contributed by atoms with Gasteiger partial charge in [0.25, 0.3) is 0 Å². The van der Waals surface area contributed by atoms with Crippen LogP contribution in [0, 0.1) is 0 Å². The third-order valence-corrected chi connectivity index (χ3v) is 3.92. The first kappa shape index (κ1) is 17.1. The van der Waals surface area contributed by atoms with Crippen molar-refractivity contribution in [2.75, 3.05) is 20.3 Å². The fraction of sp³-hybridized carbons (Fsp3) is 0.333. The van der Waals surface area contributed by atoms with Crippen LogP contribution in [0.3, 0.4) is 0 Å². The highest BCUT2D eigenvalue weighted by molar-refractivity contribution is 7.89. The molecule has 0 saturated heterocycles. The summed E-state index contributed by atoms with van der Waals surface area (Å²) in [6.07, 6.45) is 0. The molecule has 0 spiro atoms. The zero-order valence-electron chi connectivity index (χ0n) is 11.3. The van der Waals surface area contributed by atoms with Gasteiger partial charge in [0.05, 0.1) is 4.90 Å². The molecule has 1 aromatic rings. The molecule has 0 heterocycles. The summed E-state index contributed by atoms with van der Waals surface area (Å²) in [5.41, 5.74) is 0. The van der Waals surface area contributed by atoms with Crippen LogP contribution in [-0.4, -0.2) is 51.7 Å². The fourth-order valence-electron chi connectivity index (χ4n) is 1.43. The Balaban J connectivity index is 2.75. The molecular weight excluding hydrogens is 300 g/mol. The van der Waals surface area contributed by atoms with Gasteiger partial charge in [-0.1, -0.05) is 18.2 Å². The quantitative estimate of drug-likeness (QED) is 0.576. The molecule has 8 nitrogen and oxygen atoms in total. The molecule has 1 atom stereocenters. The van der Waals surface area contributed by atoms with Crippen molar-refractivity contribution in [3.8, 4) is 0 Å². The van der Waals surface area contributed by atoms with Crippen molar-refractivity contribution in [2.24, 2.45) is 0 Å². The highest BCUT2D eigenvalue weighted by Crippen LogP contribution is 2.07. The molecule has 0 saturated carbocycles. The Hall–Kier alpha value is -1.97. The Labute approximate surface area is 122 Å². The van der Waals surface area contributed by atoms with Crippen LogP contribution < -0.4 is 10.0 Å². The Morgan fingerprint density at radius 3 is 2.43 bits per heavy atom. The van der Waals surface area contributed by atoms with E-state index in [9.17, 15) is 18.0 Å². The van der Waals surface area contributed by atoms with Gasteiger partial charge in [-0.2, -0.15) is 4.72 Å². The summed E-state index contributed by atoms with van der Waals surface area (Å²) in [4.78, 5) is 22.2. The number of methoxy groups -OCH3 is 1. The second-order valence-corrected chi connectivity index (χ2v) is 5.78. The number of rotatable bonds is 8. The minimum Gasteiger partial charge on any atom is -0.480 e. The molecule has 0 aliphatic rings. The fourth-order valence-corrected chi connectivity index (χ4v) is 2.64. The van der Waals surface area contributed by atoms with Gasteiger partial charge >= 0.3 is 5.97 Å². The summed E-state index contributed by atoms with van der Waals surface area (Å²) >= 11 is 0. The Morgan fingerprint density at radius 1 is 1.29 bits per heavy atom. The third kappa shape index (κ3) is 5.50. The van der Waals surface area contributed by atoms with Crippen molar-refractivity contribution in [1.29, 1.82) is 0 Å². The Morgan fingerprint density at radius 2 is 1.90 bits per heavy atom. The molecule has 21 heavy (non-hydrogen) atoms. The molecule has 0 radical (unpaired) electrons. The molecular formula is C12H16N2O6S. The van der Waals surface area contributed by atoms with Gasteiger partial charge in [0, 0.05) is 13.7 Å². The maximum Gasteiger partial charge on any atom is 0.323 e. The maximum absolute atomic E-state index is 12.0. The van der Waals surface area contributed by atoms with Crippen molar-refractivity contribution in [3.05, 3.63) is 30.3 Å². The first-order valence-corrected chi connectivity index (χ1v) is 7.41. The van der Waals surface area contributed by atoms with Gasteiger partial charge < -0.3 is 15.2 Å². The summed E-state index contributed by atoms with van der Waals surface area (Å²) in [5.74, 6) is -1.94. The number of aliphatic carboxylic acids is 1. The number of ether oxygens (including phenoxy) is 1. The second kappa shape index (κ2) is 7.72. The average Bonchev–Trinajstić information content (AvgIpc) is 2.44. The number of carbonyl (C=O) groups excluding carboxylic acids is 1. The Bertz CT molecular complexity index is 587. The summed E-state index contributed by atoms with van der Waals surface area (Å²) in [7, 11) is -2.67. The van der Waals surface area contributed by atoms with Crippen LogP contribution >= 0.6 is 0 Å². The van der Waals surface area contributed by atoms with Gasteiger partial charge in [-0.15, -0.1) is 0 Å². The lowest BCUT2D eigenvalue weighted by Gasteiger charge is -2.15. The molecule has 9 heteroatoms. The van der Waals surface area contributed by atoms with E-state index in [1.807, 2.05) is 4.72 Å². The summed E-state index contributed by atoms with van der Waals surface area (Å²) < 4.78 is 30.6. The van der Waals surface area contributed by atoms with Crippen molar-refractivity contribution < 1.29 is 27.9 Å². The van der Waals surface area contributed by atoms with Crippen LogP contribution in [0.5, 0.6) is 0 Å². The van der Waals surface area contributed by atoms with Gasteiger partial charge in [-0.3, -0.25) is 9.59 Å². The van der Waals surface area contributed by atoms with Crippen LogP contribution in [0.15, 0.2) is 35.2 Å². The number of benzene rings is 1. The molecule has 1 aromatic carbocycles. The zero-order valence-corrected chi connectivity index (χ0v) is 12.1. The number of carboxylic acid groups (broad SMARTS) is 1. The predicted molar refractivity (Wildman–Crippen MR) is 73.1 cm³/mol. The minimum atomic E-state index is -3.98. The van der Waals surface area contributed by atoms with Crippen LogP contribution in [0.2, 0.25) is 0 Å². The van der Waals surface area contributed by atoms with Gasteiger partial charge in [0.1, 0.15) is 12.6 Å². The van der Waals surface area contributed by atoms with Crippen LogP contribution in [0.4, 0.5) is 0 Å². The molecule has 0 bridgehead atoms. The predicted octanol–water partition coefficient (Wildman–Crippen LogP) is -0.819. The normalized spacial score (nSPS) is 12.6. The number of hydrogen-bond donors (Lipinski definition) is 3. The van der Waals surface area contributed by atoms with Crippen molar-refractivity contribution >= 4 is 21.9 Å². The molecule has 3 N–H and O–H groups in total. The van der Waals surface area contributed by atoms with Crippen LogP contribution in [-0.2, 0) is 24.3 Å². The van der Waals surface area contributed by atoms with E-state index in [-0.39, 0.29) is 18.0 Å². The number of nitrogens with one attached hydrogen (secondary N) is 2. The zero-order chi connectivity index (χ0) is 15.9. The summed E-state index contributed by atoms with van der Waals surface area (Å²) in [5, 5.41) is 11.3. The standard InChI is InChI=1S/C12H16N2O6S/c1-20-8-11(15)13-7-10(12(16)17)14-21(18,19)9-5-3-2-4-6-9/h2-6,10,14H,7-8H2,1H3,(H,13,15)(H,16,17). The number of hydrogen-bond acceptors (Lipinski definition) is 5. The van der Waals surface area contributed by atoms with E-state index in [1.54, 1.807) is 6.07 Å². The topological polar surface area (TPSA) is 122 Å². The smallest absolute Gasteiger partial charge is 0.323 e. The van der Waals surface area contributed by atoms with E-state index in [2.05, 4.69) is 10.1 Å². The van der Waals surface area contributed by atoms with Gasteiger partial charge in [0.2, 0.25) is 15.9 Å². The Kier molecular flexibility index (Phi) is 6.28. The van der Waals surface area contributed by atoms with Crippen LogP contribution in [0.1, 0.15) is 0 Å². The number of sulfonamides is 1. The van der Waals surface area contributed by atoms with E-state index >= 15 is 0 Å². The van der Waals surface area contributed by atoms with Gasteiger partial charge in [-0.25, -0.2) is 8.42 Å². The first-order chi connectivity index (χ1) is 9.86. The largest absolute Gasteiger partial charge is 0.480 e. The van der Waals surface area contributed by atoms with Crippen LogP contribution in [0.25, 0.3) is 0 Å². The molecule has 1 unspecified atom stereocenters. The molecule has 1 amide bonds. The molecule has 0 fully saturated rings. The number of carbonyl (C=O) groups is 2. The molecule has 1 rings (SSSR count). The molecule has 0 aliphatic heterocycles. The SMILES string of the molecule is COCC(=O)NCC(NS(=O)(=O)c1ccccc1)C(=O)O.